The van der Waals surface area contributed by atoms with Crippen molar-refractivity contribution in [1.29, 1.82) is 0 Å². The lowest BCUT2D eigenvalue weighted by molar-refractivity contribution is 0.415. The van der Waals surface area contributed by atoms with E-state index in [-0.39, 0.29) is 5.38 Å². The minimum atomic E-state index is -0.268. The average molecular weight is 287 g/mol. The van der Waals surface area contributed by atoms with Crippen molar-refractivity contribution >= 4 is 22.4 Å². The van der Waals surface area contributed by atoms with Crippen LogP contribution < -0.4 is 4.74 Å². The largest absolute Gasteiger partial charge is 0.497 e. The summed E-state index contributed by atoms with van der Waals surface area (Å²) in [5.41, 5.74) is 1.03. The number of alkyl halides is 1. The number of hydrogen-bond donors (Lipinski definition) is 0. The van der Waals surface area contributed by atoms with Crippen LogP contribution in [0.4, 0.5) is 0 Å². The smallest absolute Gasteiger partial charge is 0.126 e. The number of aryl methyl sites for hydroxylation is 1. The molecule has 0 spiro atoms. The third kappa shape index (κ3) is 2.39. The van der Waals surface area contributed by atoms with E-state index in [2.05, 4.69) is 12.1 Å². The molecule has 1 atom stereocenters. The van der Waals surface area contributed by atoms with E-state index in [1.54, 1.807) is 7.11 Å². The van der Waals surface area contributed by atoms with Crippen molar-refractivity contribution in [2.75, 3.05) is 7.11 Å². The predicted molar refractivity (Wildman–Crippen MR) is 81.6 cm³/mol. The maximum Gasteiger partial charge on any atom is 0.126 e. The highest BCUT2D eigenvalue weighted by atomic mass is 35.5. The first-order valence-corrected chi connectivity index (χ1v) is 6.89. The summed E-state index contributed by atoms with van der Waals surface area (Å²) in [6.07, 6.45) is 0. The van der Waals surface area contributed by atoms with Gasteiger partial charge in [0.2, 0.25) is 0 Å². The Hall–Kier alpha value is -1.93. The predicted octanol–water partition coefficient (Wildman–Crippen LogP) is 5.08. The molecule has 3 aromatic rings. The van der Waals surface area contributed by atoms with Gasteiger partial charge in [-0.2, -0.15) is 0 Å². The van der Waals surface area contributed by atoms with Gasteiger partial charge in [0.25, 0.3) is 0 Å². The maximum absolute atomic E-state index is 6.49. The van der Waals surface area contributed by atoms with Crippen LogP contribution in [0.5, 0.6) is 5.75 Å². The monoisotopic (exact) mass is 286 g/mol. The third-order valence-corrected chi connectivity index (χ3v) is 3.84. The first-order chi connectivity index (χ1) is 9.67. The second-order valence-electron chi connectivity index (χ2n) is 4.78. The van der Waals surface area contributed by atoms with Crippen molar-refractivity contribution in [2.24, 2.45) is 0 Å². The lowest BCUT2D eigenvalue weighted by atomic mass is 10.0. The van der Waals surface area contributed by atoms with E-state index in [1.165, 1.54) is 0 Å². The van der Waals surface area contributed by atoms with Crippen molar-refractivity contribution in [3.05, 3.63) is 65.6 Å². The van der Waals surface area contributed by atoms with Crippen molar-refractivity contribution < 1.29 is 9.15 Å². The Bertz CT molecular complexity index is 746. The fraction of sp³-hybridized carbons (Fsp3) is 0.176. The summed E-state index contributed by atoms with van der Waals surface area (Å²) in [6, 6.07) is 16.0. The highest BCUT2D eigenvalue weighted by Crippen LogP contribution is 2.32. The number of methoxy groups -OCH3 is 1. The summed E-state index contributed by atoms with van der Waals surface area (Å²) in [6.45, 7) is 1.92. The second-order valence-corrected chi connectivity index (χ2v) is 5.22. The van der Waals surface area contributed by atoms with Gasteiger partial charge < -0.3 is 9.15 Å². The Kier molecular flexibility index (Phi) is 3.41. The molecule has 102 valence electrons. The molecule has 0 aliphatic carbocycles. The number of ether oxygens (including phenoxy) is 1. The summed E-state index contributed by atoms with van der Waals surface area (Å²) >= 11 is 6.49. The van der Waals surface area contributed by atoms with Crippen molar-refractivity contribution in [3.8, 4) is 5.75 Å². The lowest BCUT2D eigenvalue weighted by Crippen LogP contribution is -1.91. The van der Waals surface area contributed by atoms with Gasteiger partial charge in [0.05, 0.1) is 7.11 Å². The lowest BCUT2D eigenvalue weighted by Gasteiger charge is -2.09. The van der Waals surface area contributed by atoms with Crippen LogP contribution in [-0.2, 0) is 0 Å². The van der Waals surface area contributed by atoms with Gasteiger partial charge in [-0.3, -0.25) is 0 Å². The fourth-order valence-corrected chi connectivity index (χ4v) is 2.53. The summed E-state index contributed by atoms with van der Waals surface area (Å²) < 4.78 is 10.8. The zero-order valence-corrected chi connectivity index (χ0v) is 12.1. The summed E-state index contributed by atoms with van der Waals surface area (Å²) in [4.78, 5) is 0. The molecule has 0 aliphatic rings. The third-order valence-electron chi connectivity index (χ3n) is 3.38. The topological polar surface area (TPSA) is 22.4 Å². The van der Waals surface area contributed by atoms with Gasteiger partial charge in [0.1, 0.15) is 22.6 Å². The quantitative estimate of drug-likeness (QED) is 0.627. The van der Waals surface area contributed by atoms with Crippen LogP contribution >= 0.6 is 11.6 Å². The van der Waals surface area contributed by atoms with Crippen LogP contribution in [0.25, 0.3) is 10.8 Å². The molecule has 3 heteroatoms. The molecule has 1 heterocycles. The Labute approximate surface area is 122 Å². The minimum absolute atomic E-state index is 0.268. The molecule has 0 N–H and O–H groups in total. The highest BCUT2D eigenvalue weighted by Gasteiger charge is 2.14. The number of rotatable bonds is 3. The van der Waals surface area contributed by atoms with Gasteiger partial charge in [-0.15, -0.1) is 11.6 Å². The van der Waals surface area contributed by atoms with E-state index in [1.807, 2.05) is 43.3 Å². The Balaban J connectivity index is 2.00. The molecular weight excluding hydrogens is 272 g/mol. The van der Waals surface area contributed by atoms with Gasteiger partial charge in [-0.1, -0.05) is 18.2 Å². The summed E-state index contributed by atoms with van der Waals surface area (Å²) in [7, 11) is 1.67. The van der Waals surface area contributed by atoms with Crippen LogP contribution in [0.2, 0.25) is 0 Å². The van der Waals surface area contributed by atoms with E-state index < -0.39 is 0 Å². The van der Waals surface area contributed by atoms with Gasteiger partial charge in [0, 0.05) is 0 Å². The zero-order chi connectivity index (χ0) is 14.1. The summed E-state index contributed by atoms with van der Waals surface area (Å²) in [5.74, 6) is 2.50. The van der Waals surface area contributed by atoms with Crippen LogP contribution in [0.15, 0.2) is 52.9 Å². The van der Waals surface area contributed by atoms with E-state index in [0.29, 0.717) is 0 Å². The molecule has 0 amide bonds. The molecular formula is C17H15ClO2. The van der Waals surface area contributed by atoms with Crippen molar-refractivity contribution in [3.63, 3.8) is 0 Å². The van der Waals surface area contributed by atoms with Gasteiger partial charge in [-0.25, -0.2) is 0 Å². The molecule has 0 saturated heterocycles. The van der Waals surface area contributed by atoms with Gasteiger partial charge in [-0.05, 0) is 53.6 Å². The van der Waals surface area contributed by atoms with E-state index >= 15 is 0 Å². The number of benzene rings is 2. The Morgan fingerprint density at radius 3 is 2.45 bits per heavy atom. The van der Waals surface area contributed by atoms with Crippen molar-refractivity contribution in [2.45, 2.75) is 12.3 Å². The number of fused-ring (bicyclic) bond motifs is 1. The van der Waals surface area contributed by atoms with E-state index in [9.17, 15) is 0 Å². The molecule has 0 bridgehead atoms. The molecule has 0 saturated carbocycles. The first kappa shape index (κ1) is 13.1. The SMILES string of the molecule is COc1ccc2cc(C(Cl)c3ccc(C)o3)ccc2c1. The summed E-state index contributed by atoms with van der Waals surface area (Å²) in [5, 5.41) is 2.00. The molecule has 20 heavy (non-hydrogen) atoms. The minimum Gasteiger partial charge on any atom is -0.497 e. The Morgan fingerprint density at radius 1 is 1.00 bits per heavy atom. The number of furan rings is 1. The second kappa shape index (κ2) is 5.22. The molecule has 0 aliphatic heterocycles. The molecule has 1 aromatic heterocycles. The number of halogens is 1. The normalized spacial score (nSPS) is 12.6. The molecule has 2 aromatic carbocycles. The molecule has 0 fully saturated rings. The maximum atomic E-state index is 6.49. The highest BCUT2D eigenvalue weighted by molar-refractivity contribution is 6.22. The molecule has 0 radical (unpaired) electrons. The van der Waals surface area contributed by atoms with E-state index in [4.69, 9.17) is 20.8 Å². The fourth-order valence-electron chi connectivity index (χ4n) is 2.28. The molecule has 3 rings (SSSR count). The van der Waals surface area contributed by atoms with Crippen LogP contribution in [0.3, 0.4) is 0 Å². The number of hydrogen-bond acceptors (Lipinski definition) is 2. The van der Waals surface area contributed by atoms with E-state index in [0.717, 1.165) is 33.6 Å². The van der Waals surface area contributed by atoms with Crippen molar-refractivity contribution in [1.82, 2.24) is 0 Å². The first-order valence-electron chi connectivity index (χ1n) is 6.45. The van der Waals surface area contributed by atoms with Crippen LogP contribution in [0.1, 0.15) is 22.5 Å². The Morgan fingerprint density at radius 2 is 1.75 bits per heavy atom. The average Bonchev–Trinajstić information content (AvgIpc) is 2.92. The van der Waals surface area contributed by atoms with Crippen LogP contribution in [0, 0.1) is 6.92 Å². The standard InChI is InChI=1S/C17H15ClO2/c1-11-3-8-16(20-11)17(18)14-5-4-13-10-15(19-2)7-6-12(13)9-14/h3-10,17H,1-2H3. The molecule has 2 nitrogen and oxygen atoms in total. The van der Waals surface area contributed by atoms with Gasteiger partial charge >= 0.3 is 0 Å². The zero-order valence-electron chi connectivity index (χ0n) is 11.4. The van der Waals surface area contributed by atoms with Crippen LogP contribution in [-0.4, -0.2) is 7.11 Å². The van der Waals surface area contributed by atoms with Gasteiger partial charge in [0.15, 0.2) is 0 Å². The molecule has 1 unspecified atom stereocenters.